The third kappa shape index (κ3) is 0.910. The number of amides is 2. The summed E-state index contributed by atoms with van der Waals surface area (Å²) in [6, 6.07) is 0. The van der Waals surface area contributed by atoms with Crippen molar-refractivity contribution in [1.82, 2.24) is 5.32 Å². The molecular weight excluding hydrogens is 202 g/mol. The molecule has 2 amide bonds. The van der Waals surface area contributed by atoms with Crippen molar-refractivity contribution in [1.29, 1.82) is 0 Å². The Balaban J connectivity index is 1.79. The largest absolute Gasteiger partial charge is 0.296 e. The van der Waals surface area contributed by atoms with Gasteiger partial charge in [0.2, 0.25) is 11.8 Å². The van der Waals surface area contributed by atoms with Gasteiger partial charge in [-0.15, -0.1) is 0 Å². The van der Waals surface area contributed by atoms with Crippen LogP contribution in [-0.4, -0.2) is 11.8 Å². The predicted octanol–water partition coefficient (Wildman–Crippen LogP) is 1.48. The first kappa shape index (κ1) is 9.20. The molecule has 3 nitrogen and oxygen atoms in total. The van der Waals surface area contributed by atoms with Crippen LogP contribution in [0.2, 0.25) is 0 Å². The molecule has 5 aliphatic rings. The summed E-state index contributed by atoms with van der Waals surface area (Å²) < 4.78 is 0. The van der Waals surface area contributed by atoms with Crippen LogP contribution in [-0.2, 0) is 9.59 Å². The van der Waals surface area contributed by atoms with E-state index in [1.807, 2.05) is 0 Å². The Hall–Kier alpha value is -0.860. The highest BCUT2D eigenvalue weighted by atomic mass is 16.2. The Bertz CT molecular complexity index is 359. The molecule has 0 aromatic rings. The minimum Gasteiger partial charge on any atom is -0.296 e. The Labute approximate surface area is 95.0 Å². The summed E-state index contributed by atoms with van der Waals surface area (Å²) in [6.45, 7) is 0. The normalized spacial score (nSPS) is 53.8. The number of imide groups is 1. The Morgan fingerprint density at radius 1 is 0.938 bits per heavy atom. The average molecular weight is 219 g/mol. The zero-order chi connectivity index (χ0) is 10.9. The summed E-state index contributed by atoms with van der Waals surface area (Å²) in [7, 11) is 0. The lowest BCUT2D eigenvalue weighted by atomic mass is 9.45. The van der Waals surface area contributed by atoms with Gasteiger partial charge in [0, 0.05) is 6.42 Å². The predicted molar refractivity (Wildman–Crippen MR) is 57.2 cm³/mol. The highest BCUT2D eigenvalue weighted by Crippen LogP contribution is 2.64. The van der Waals surface area contributed by atoms with Crippen molar-refractivity contribution in [2.45, 2.75) is 38.5 Å². The van der Waals surface area contributed by atoms with E-state index in [9.17, 15) is 9.59 Å². The molecule has 1 spiro atoms. The molecule has 1 saturated heterocycles. The van der Waals surface area contributed by atoms with Crippen LogP contribution in [0.1, 0.15) is 38.5 Å². The summed E-state index contributed by atoms with van der Waals surface area (Å²) in [6.07, 6.45) is 6.68. The molecule has 3 heteroatoms. The highest BCUT2D eigenvalue weighted by molar-refractivity contribution is 6.06. The van der Waals surface area contributed by atoms with Crippen LogP contribution in [0, 0.1) is 29.1 Å². The quantitative estimate of drug-likeness (QED) is 0.627. The molecule has 4 bridgehead atoms. The van der Waals surface area contributed by atoms with Gasteiger partial charge < -0.3 is 0 Å². The highest BCUT2D eigenvalue weighted by Gasteiger charge is 2.63. The second-order valence-electron chi connectivity index (χ2n) is 6.40. The molecule has 16 heavy (non-hydrogen) atoms. The standard InChI is InChI=1S/C13H17NO2/c15-11-6-13(12(16)14-11)9-2-7-1-8(4-9)5-10(13)3-7/h7-10H,1-6H2,(H,14,15,16). The van der Waals surface area contributed by atoms with E-state index in [0.717, 1.165) is 11.8 Å². The van der Waals surface area contributed by atoms with Gasteiger partial charge in [-0.3, -0.25) is 14.9 Å². The van der Waals surface area contributed by atoms with Crippen LogP contribution in [0.4, 0.5) is 0 Å². The maximum atomic E-state index is 12.2. The first-order valence-corrected chi connectivity index (χ1v) is 6.53. The van der Waals surface area contributed by atoms with Crippen molar-refractivity contribution in [3.8, 4) is 0 Å². The minimum absolute atomic E-state index is 0.0301. The summed E-state index contributed by atoms with van der Waals surface area (Å²) >= 11 is 0. The van der Waals surface area contributed by atoms with E-state index in [2.05, 4.69) is 5.32 Å². The van der Waals surface area contributed by atoms with Gasteiger partial charge in [0.15, 0.2) is 0 Å². The van der Waals surface area contributed by atoms with E-state index >= 15 is 0 Å². The van der Waals surface area contributed by atoms with E-state index in [1.165, 1.54) is 32.1 Å². The topological polar surface area (TPSA) is 46.2 Å². The van der Waals surface area contributed by atoms with Crippen molar-refractivity contribution in [2.75, 3.05) is 0 Å². The molecule has 1 aliphatic heterocycles. The smallest absolute Gasteiger partial charge is 0.233 e. The summed E-state index contributed by atoms with van der Waals surface area (Å²) in [5.41, 5.74) is -0.273. The molecule has 4 aliphatic carbocycles. The van der Waals surface area contributed by atoms with E-state index in [0.29, 0.717) is 18.3 Å². The number of carbonyl (C=O) groups excluding carboxylic acids is 2. The molecule has 5 rings (SSSR count). The minimum atomic E-state index is -0.273. The zero-order valence-electron chi connectivity index (χ0n) is 9.37. The number of hydrogen-bond acceptors (Lipinski definition) is 2. The van der Waals surface area contributed by atoms with Crippen molar-refractivity contribution in [3.63, 3.8) is 0 Å². The lowest BCUT2D eigenvalue weighted by Crippen LogP contribution is -2.55. The molecule has 0 radical (unpaired) electrons. The van der Waals surface area contributed by atoms with Gasteiger partial charge in [0.05, 0.1) is 5.41 Å². The molecule has 4 saturated carbocycles. The van der Waals surface area contributed by atoms with Crippen LogP contribution in [0.5, 0.6) is 0 Å². The molecule has 0 aromatic carbocycles. The number of hydrogen-bond donors (Lipinski definition) is 1. The third-order valence-electron chi connectivity index (χ3n) is 5.72. The van der Waals surface area contributed by atoms with Crippen molar-refractivity contribution in [3.05, 3.63) is 0 Å². The van der Waals surface area contributed by atoms with E-state index < -0.39 is 0 Å². The van der Waals surface area contributed by atoms with Crippen molar-refractivity contribution < 1.29 is 9.59 Å². The van der Waals surface area contributed by atoms with Gasteiger partial charge in [0.1, 0.15) is 0 Å². The van der Waals surface area contributed by atoms with Gasteiger partial charge in [-0.2, -0.15) is 0 Å². The second kappa shape index (κ2) is 2.69. The third-order valence-corrected chi connectivity index (χ3v) is 5.72. The maximum absolute atomic E-state index is 12.2. The SMILES string of the molecule is O=C1CC2(C(=O)N1)C1CC3CC(C1)CC2C3. The molecular formula is C13H17NO2. The van der Waals surface area contributed by atoms with Crippen LogP contribution in [0.15, 0.2) is 0 Å². The van der Waals surface area contributed by atoms with Gasteiger partial charge >= 0.3 is 0 Å². The lowest BCUT2D eigenvalue weighted by Gasteiger charge is -2.58. The number of carbonyl (C=O) groups is 2. The van der Waals surface area contributed by atoms with Crippen molar-refractivity contribution >= 4 is 11.8 Å². The molecule has 0 aromatic heterocycles. The first-order valence-electron chi connectivity index (χ1n) is 6.53. The lowest BCUT2D eigenvalue weighted by molar-refractivity contribution is -0.153. The van der Waals surface area contributed by atoms with Crippen molar-refractivity contribution in [2.24, 2.45) is 29.1 Å². The number of nitrogens with one attached hydrogen (secondary N) is 1. The summed E-state index contributed by atoms with van der Waals surface area (Å²) in [5, 5.41) is 2.56. The fraction of sp³-hybridized carbons (Fsp3) is 0.846. The van der Waals surface area contributed by atoms with E-state index in [-0.39, 0.29) is 17.2 Å². The zero-order valence-corrected chi connectivity index (χ0v) is 9.37. The summed E-state index contributed by atoms with van der Waals surface area (Å²) in [5.74, 6) is 2.77. The molecule has 86 valence electrons. The van der Waals surface area contributed by atoms with E-state index in [1.54, 1.807) is 0 Å². The number of rotatable bonds is 0. The average Bonchev–Trinajstić information content (AvgIpc) is 2.50. The Morgan fingerprint density at radius 2 is 1.50 bits per heavy atom. The van der Waals surface area contributed by atoms with Crippen LogP contribution < -0.4 is 5.32 Å². The van der Waals surface area contributed by atoms with Gasteiger partial charge in [-0.25, -0.2) is 0 Å². The van der Waals surface area contributed by atoms with E-state index in [4.69, 9.17) is 0 Å². The van der Waals surface area contributed by atoms with Gasteiger partial charge in [0.25, 0.3) is 0 Å². The Kier molecular flexibility index (Phi) is 1.55. The van der Waals surface area contributed by atoms with Crippen LogP contribution in [0.3, 0.4) is 0 Å². The summed E-state index contributed by atoms with van der Waals surface area (Å²) in [4.78, 5) is 23.7. The second-order valence-corrected chi connectivity index (χ2v) is 6.40. The molecule has 5 fully saturated rings. The van der Waals surface area contributed by atoms with Crippen LogP contribution >= 0.6 is 0 Å². The fourth-order valence-electron chi connectivity index (χ4n) is 5.32. The van der Waals surface area contributed by atoms with Crippen LogP contribution in [0.25, 0.3) is 0 Å². The fourth-order valence-corrected chi connectivity index (χ4v) is 5.32. The molecule has 0 unspecified atom stereocenters. The maximum Gasteiger partial charge on any atom is 0.233 e. The first-order chi connectivity index (χ1) is 7.68. The van der Waals surface area contributed by atoms with Gasteiger partial charge in [-0.1, -0.05) is 0 Å². The molecule has 0 atom stereocenters. The molecule has 1 N–H and O–H groups in total. The van der Waals surface area contributed by atoms with Gasteiger partial charge in [-0.05, 0) is 55.8 Å². The Morgan fingerprint density at radius 3 is 1.94 bits per heavy atom. The monoisotopic (exact) mass is 219 g/mol. The molecule has 1 heterocycles.